The summed E-state index contributed by atoms with van der Waals surface area (Å²) in [5, 5.41) is 10.2. The topological polar surface area (TPSA) is 150 Å². The first-order valence-corrected chi connectivity index (χ1v) is 4.60. The highest BCUT2D eigenvalue weighted by atomic mass is 35.5. The Kier molecular flexibility index (Phi) is 14.7. The van der Waals surface area contributed by atoms with Gasteiger partial charge in [-0.25, -0.2) is 0 Å². The molecule has 0 aromatic carbocycles. The summed E-state index contributed by atoms with van der Waals surface area (Å²) in [7, 11) is 0. The molecule has 0 unspecified atom stereocenters. The molecule has 0 atom stereocenters. The maximum atomic E-state index is 8.11. The number of hydrogen-bond acceptors (Lipinski definition) is 4. The van der Waals surface area contributed by atoms with Gasteiger partial charge in [0.1, 0.15) is 0 Å². The van der Waals surface area contributed by atoms with Crippen LogP contribution in [0, 0.1) is 0 Å². The Bertz CT molecular complexity index is 271. The van der Waals surface area contributed by atoms with Crippen LogP contribution in [0.25, 0.3) is 31.3 Å². The monoisotopic (exact) mass is 260 g/mol. The summed E-state index contributed by atoms with van der Waals surface area (Å²) in [5.41, 5.74) is 24.3. The van der Waals surface area contributed by atoms with Gasteiger partial charge in [0, 0.05) is 54.0 Å². The lowest BCUT2D eigenvalue weighted by Gasteiger charge is -2.18. The number of halogens is 1. The number of hydrogen-bond donors (Lipinski definition) is 0. The maximum Gasteiger partial charge on any atom is 0.0385 e. The fraction of sp³-hybridized carbons (Fsp3) is 1.00. The van der Waals surface area contributed by atoms with Crippen molar-refractivity contribution in [3.8, 4) is 0 Å². The van der Waals surface area contributed by atoms with Gasteiger partial charge < -0.3 is 4.90 Å². The second kappa shape index (κ2) is 14.2. The average Bonchev–Trinajstić information content (AvgIpc) is 2.29. The molecule has 0 fully saturated rings. The molecule has 0 heterocycles. The molecule has 0 aliphatic heterocycles. The molecule has 0 saturated carbocycles. The minimum absolute atomic E-state index is 0. The van der Waals surface area contributed by atoms with Crippen molar-refractivity contribution in [1.29, 1.82) is 0 Å². The average molecular weight is 261 g/mol. The van der Waals surface area contributed by atoms with Crippen molar-refractivity contribution < 1.29 is 0 Å². The smallest absolute Gasteiger partial charge is 0.0385 e. The zero-order chi connectivity index (χ0) is 12.1. The second-order valence-electron chi connectivity index (χ2n) is 2.71. The zero-order valence-corrected chi connectivity index (χ0v) is 9.94. The highest BCUT2D eigenvalue weighted by molar-refractivity contribution is 5.85. The van der Waals surface area contributed by atoms with Gasteiger partial charge in [-0.05, 0) is 16.6 Å². The van der Waals surface area contributed by atoms with Gasteiger partial charge in [0.2, 0.25) is 0 Å². The van der Waals surface area contributed by atoms with Crippen LogP contribution in [-0.4, -0.2) is 44.2 Å². The van der Waals surface area contributed by atoms with Crippen molar-refractivity contribution in [2.75, 3.05) is 39.3 Å². The first-order valence-electron chi connectivity index (χ1n) is 4.60. The Hall–Kier alpha value is -1.82. The van der Waals surface area contributed by atoms with Crippen LogP contribution in [0.4, 0.5) is 0 Å². The number of rotatable bonds is 9. The van der Waals surface area contributed by atoms with Gasteiger partial charge in [0.15, 0.2) is 0 Å². The molecule has 0 radical (unpaired) electrons. The molecular weight excluding hydrogens is 248 g/mol. The maximum absolute atomic E-state index is 8.11. The summed E-state index contributed by atoms with van der Waals surface area (Å²) in [6.07, 6.45) is 0. The van der Waals surface area contributed by atoms with E-state index in [1.165, 1.54) is 0 Å². The van der Waals surface area contributed by atoms with E-state index >= 15 is 0 Å². The molecule has 0 rings (SSSR count). The quantitative estimate of drug-likeness (QED) is 0.349. The van der Waals surface area contributed by atoms with E-state index in [9.17, 15) is 0 Å². The molecule has 0 amide bonds. The minimum Gasteiger partial charge on any atom is -0.303 e. The molecule has 0 saturated heterocycles. The third kappa shape index (κ3) is 12.1. The van der Waals surface area contributed by atoms with Gasteiger partial charge in [-0.1, -0.05) is 15.3 Å². The highest BCUT2D eigenvalue weighted by Crippen LogP contribution is 1.90. The summed E-state index contributed by atoms with van der Waals surface area (Å²) < 4.78 is 0. The second-order valence-corrected chi connectivity index (χ2v) is 2.71. The van der Waals surface area contributed by atoms with Crippen LogP contribution >= 0.6 is 12.4 Å². The Labute approximate surface area is 104 Å². The molecule has 11 heteroatoms. The van der Waals surface area contributed by atoms with Crippen LogP contribution < -0.4 is 0 Å². The van der Waals surface area contributed by atoms with E-state index in [2.05, 4.69) is 30.1 Å². The predicted molar refractivity (Wildman–Crippen MR) is 65.7 cm³/mol. The normalized spacial score (nSPS) is 8.29. The Balaban J connectivity index is 0. The van der Waals surface area contributed by atoms with Crippen LogP contribution in [0.5, 0.6) is 0 Å². The van der Waals surface area contributed by atoms with Gasteiger partial charge in [0.25, 0.3) is 0 Å². The summed E-state index contributed by atoms with van der Waals surface area (Å²) in [5.74, 6) is 0. The molecule has 17 heavy (non-hydrogen) atoms. The molecule has 0 aliphatic carbocycles. The molecular formula is C6H13ClN10. The molecule has 0 bridgehead atoms. The van der Waals surface area contributed by atoms with E-state index in [1.807, 2.05) is 4.90 Å². The fourth-order valence-electron chi connectivity index (χ4n) is 1.03. The summed E-state index contributed by atoms with van der Waals surface area (Å²) in [6, 6.07) is 0. The third-order valence-electron chi connectivity index (χ3n) is 1.74. The van der Waals surface area contributed by atoms with Crippen LogP contribution in [0.15, 0.2) is 15.3 Å². The van der Waals surface area contributed by atoms with Gasteiger partial charge in [-0.15, -0.1) is 12.4 Å². The number of nitrogens with zero attached hydrogens (tertiary/aromatic N) is 10. The van der Waals surface area contributed by atoms with Crippen molar-refractivity contribution >= 4 is 12.4 Å². The van der Waals surface area contributed by atoms with E-state index in [0.29, 0.717) is 39.3 Å². The molecule has 10 nitrogen and oxygen atoms in total. The summed E-state index contributed by atoms with van der Waals surface area (Å²) in [6.45, 7) is 2.65. The van der Waals surface area contributed by atoms with E-state index < -0.39 is 0 Å². The lowest BCUT2D eigenvalue weighted by Crippen LogP contribution is -2.31. The Morgan fingerprint density at radius 2 is 1.00 bits per heavy atom. The fourth-order valence-corrected chi connectivity index (χ4v) is 1.03. The lowest BCUT2D eigenvalue weighted by atomic mass is 10.4. The highest BCUT2D eigenvalue weighted by Gasteiger charge is 2.01. The molecule has 0 N–H and O–H groups in total. The third-order valence-corrected chi connectivity index (χ3v) is 1.74. The molecule has 0 spiro atoms. The molecule has 0 aromatic rings. The summed E-state index contributed by atoms with van der Waals surface area (Å²) in [4.78, 5) is 9.81. The van der Waals surface area contributed by atoms with E-state index in [-0.39, 0.29) is 12.4 Å². The van der Waals surface area contributed by atoms with Crippen molar-refractivity contribution in [1.82, 2.24) is 4.90 Å². The van der Waals surface area contributed by atoms with E-state index in [1.54, 1.807) is 0 Å². The zero-order valence-electron chi connectivity index (χ0n) is 9.12. The van der Waals surface area contributed by atoms with Crippen LogP contribution in [-0.2, 0) is 0 Å². The Morgan fingerprint density at radius 3 is 1.24 bits per heavy atom. The van der Waals surface area contributed by atoms with Crippen molar-refractivity contribution in [2.45, 2.75) is 0 Å². The van der Waals surface area contributed by atoms with E-state index in [0.717, 1.165) is 0 Å². The SMILES string of the molecule is Cl.[N-]=[N+]=NCCN(CCN=[N+]=[N-])CCN=[N+]=[N-]. The molecule has 94 valence electrons. The van der Waals surface area contributed by atoms with Gasteiger partial charge in [-0.2, -0.15) is 0 Å². The standard InChI is InChI=1S/C6H12N10.ClH/c7-13-10-1-4-16(5-2-11-14-8)6-3-12-15-9;/h1-6H2;1H. The van der Waals surface area contributed by atoms with Crippen LogP contribution in [0.1, 0.15) is 0 Å². The van der Waals surface area contributed by atoms with Crippen LogP contribution in [0.3, 0.4) is 0 Å². The Morgan fingerprint density at radius 1 is 0.706 bits per heavy atom. The van der Waals surface area contributed by atoms with Gasteiger partial charge in [-0.3, -0.25) is 0 Å². The first-order chi connectivity index (χ1) is 7.85. The lowest BCUT2D eigenvalue weighted by molar-refractivity contribution is 0.297. The van der Waals surface area contributed by atoms with E-state index in [4.69, 9.17) is 16.6 Å². The molecule has 0 aliphatic rings. The van der Waals surface area contributed by atoms with Gasteiger partial charge >= 0.3 is 0 Å². The van der Waals surface area contributed by atoms with Crippen LogP contribution in [0.2, 0.25) is 0 Å². The number of azide groups is 3. The molecule has 0 aromatic heterocycles. The summed E-state index contributed by atoms with van der Waals surface area (Å²) >= 11 is 0. The van der Waals surface area contributed by atoms with Crippen molar-refractivity contribution in [3.63, 3.8) is 0 Å². The largest absolute Gasteiger partial charge is 0.303 e. The van der Waals surface area contributed by atoms with Crippen molar-refractivity contribution in [2.24, 2.45) is 15.3 Å². The minimum atomic E-state index is 0. The first kappa shape index (κ1) is 17.6. The van der Waals surface area contributed by atoms with Gasteiger partial charge in [0.05, 0.1) is 0 Å². The van der Waals surface area contributed by atoms with Crippen molar-refractivity contribution in [3.05, 3.63) is 31.3 Å². The predicted octanol–water partition coefficient (Wildman–Crippen LogP) is 2.64.